The minimum Gasteiger partial charge on any atom is -0.481 e. The Hall–Kier alpha value is -10.6. The number of anilines is 2. The molecule has 5 rings (SSSR count). The maximum absolute atomic E-state index is 13.9. The van der Waals surface area contributed by atoms with Crippen molar-refractivity contribution in [2.75, 3.05) is 149 Å². The van der Waals surface area contributed by atoms with E-state index in [1.165, 1.54) is 0 Å². The number of nitrogens with one attached hydrogen (secondary N) is 9. The van der Waals surface area contributed by atoms with Crippen LogP contribution in [-0.2, 0) is 101 Å². The first-order chi connectivity index (χ1) is 56.6. The zero-order chi connectivity index (χ0) is 87.3. The van der Waals surface area contributed by atoms with E-state index in [0.29, 0.717) is 139 Å². The van der Waals surface area contributed by atoms with Gasteiger partial charge < -0.3 is 97.4 Å². The van der Waals surface area contributed by atoms with Gasteiger partial charge in [-0.15, -0.1) is 5.10 Å². The highest BCUT2D eigenvalue weighted by Crippen LogP contribution is 2.21. The first kappa shape index (κ1) is 103. The van der Waals surface area contributed by atoms with E-state index in [2.05, 4.69) is 90.6 Å². The van der Waals surface area contributed by atoms with Gasteiger partial charge in [-0.2, -0.15) is 28.8 Å². The number of halogens is 1. The third-order valence-corrected chi connectivity index (χ3v) is 18.6. The van der Waals surface area contributed by atoms with Gasteiger partial charge in [-0.05, 0) is 180 Å². The summed E-state index contributed by atoms with van der Waals surface area (Å²) in [4.78, 5) is 180. The van der Waals surface area contributed by atoms with Crippen LogP contribution in [0.1, 0.15) is 101 Å². The molecule has 1 saturated heterocycles. The number of thiocarbonyl (C=S) groups is 1. The Labute approximate surface area is 701 Å². The Balaban J connectivity index is 0.00000500. The largest absolute Gasteiger partial charge is 0.481 e. The zero-order valence-corrected chi connectivity index (χ0v) is 69.2. The van der Waals surface area contributed by atoms with Gasteiger partial charge >= 0.3 is 60.4 Å². The number of carbonyl (C=O) groups excluding carboxylic acids is 11. The molecule has 2 heterocycles. The number of hydrogen-bond acceptors (Lipinski definition) is 26. The summed E-state index contributed by atoms with van der Waals surface area (Å²) >= 11 is 7.88. The van der Waals surface area contributed by atoms with E-state index in [9.17, 15) is 68.4 Å². The van der Waals surface area contributed by atoms with Crippen LogP contribution in [0.5, 0.6) is 0 Å². The molecule has 40 nitrogen and oxygen atoms in total. The molecule has 1 aromatic heterocycles. The van der Waals surface area contributed by atoms with Crippen molar-refractivity contribution in [1.82, 2.24) is 71.8 Å². The van der Waals surface area contributed by atoms with Crippen LogP contribution in [0.15, 0.2) is 79.0 Å². The molecule has 0 aliphatic carbocycles. The molecule has 118 heavy (non-hydrogen) atoms. The van der Waals surface area contributed by atoms with Crippen molar-refractivity contribution >= 4 is 129 Å². The van der Waals surface area contributed by atoms with E-state index in [1.807, 2.05) is 78.5 Å². The van der Waals surface area contributed by atoms with Crippen LogP contribution in [-0.4, -0.2) is 306 Å². The van der Waals surface area contributed by atoms with E-state index < -0.39 is 71.8 Å². The van der Waals surface area contributed by atoms with Crippen LogP contribution in [0.3, 0.4) is 0 Å². The number of aromatic nitrogens is 3. The molecule has 14 N–H and O–H groups in total. The van der Waals surface area contributed by atoms with E-state index >= 15 is 0 Å². The summed E-state index contributed by atoms with van der Waals surface area (Å²) in [7, 11) is 4.04. The predicted octanol–water partition coefficient (Wildman–Crippen LogP) is 2.23. The fraction of sp³-hybridized carbons (Fsp3) is 0.553. The third kappa shape index (κ3) is 50.8. The standard InChI is InChI=1S/C73H109IN16O18S.3CO2/c1-86-33-35-87(2)58(48-89(51-67(97)98)38-37-88(36-34-86)50-66(95)96)46-53-22-26-56(27-23-53)80-73(109)78-31-8-3-15-59(68(99)82-60(69(100)101)16-4-6-29-75-63(91)18-9-12-52-20-24-55(74)25-21-52)81-64(92)28-40-106-42-44-108-45-43-107-41-39-90-49-62(84-85-90)54-13-10-14-57(47-54)79-71(104)76-30-7-5-17-61(70(102)103)83-72(105)77-32-11-19-65(93)94;3*2-1-3/h10,13-14,20-27,47,49,58-61H,3-9,11-12,15-19,28-46,48,50-51H2,1-2H3,(H,75,91)(H,81,92)(H,82,99)(H,93,94)(H,95,96)(H,97,98)(H,100,101)(H,102,103)(H2,76,79,104)(H2,77,83,105)(H2,78,80,109);;;/t58?,59-,60?,61-;;;/m0.../s1. The molecule has 0 bridgehead atoms. The van der Waals surface area contributed by atoms with Gasteiger partial charge in [0.05, 0.1) is 65.5 Å². The predicted molar refractivity (Wildman–Crippen MR) is 434 cm³/mol. The monoisotopic (exact) mass is 1790 g/mol. The lowest BCUT2D eigenvalue weighted by atomic mass is 10.0. The van der Waals surface area contributed by atoms with Crippen LogP contribution >= 0.6 is 34.8 Å². The highest BCUT2D eigenvalue weighted by molar-refractivity contribution is 14.1. The number of urea groups is 2. The molecule has 0 radical (unpaired) electrons. The van der Waals surface area contributed by atoms with Gasteiger partial charge in [-0.25, -0.2) is 23.9 Å². The molecule has 3 aromatic carbocycles. The Morgan fingerprint density at radius 1 is 0.525 bits per heavy atom. The van der Waals surface area contributed by atoms with Gasteiger partial charge in [-0.1, -0.05) is 41.6 Å². The number of aliphatic carboxylic acids is 5. The molecular weight excluding hydrogens is 1680 g/mol. The summed E-state index contributed by atoms with van der Waals surface area (Å²) in [6, 6.07) is 18.2. The summed E-state index contributed by atoms with van der Waals surface area (Å²) in [6.45, 7) is 6.38. The fourth-order valence-corrected chi connectivity index (χ4v) is 12.1. The van der Waals surface area contributed by atoms with Gasteiger partial charge in [-0.3, -0.25) is 38.6 Å². The number of aryl methyl sites for hydroxylation is 1. The molecule has 4 atom stereocenters. The number of nitrogens with zero attached hydrogens (tertiary/aromatic N) is 7. The van der Waals surface area contributed by atoms with Crippen LogP contribution in [0.2, 0.25) is 0 Å². The molecule has 2 unspecified atom stereocenters. The second-order valence-electron chi connectivity index (χ2n) is 26.8. The minimum atomic E-state index is -1.25. The highest BCUT2D eigenvalue weighted by Gasteiger charge is 2.28. The lowest BCUT2D eigenvalue weighted by molar-refractivity contribution is -0.193. The second-order valence-corrected chi connectivity index (χ2v) is 28.5. The maximum atomic E-state index is 13.9. The maximum Gasteiger partial charge on any atom is 0.373 e. The summed E-state index contributed by atoms with van der Waals surface area (Å²) < 4.78 is 19.8. The van der Waals surface area contributed by atoms with Crippen molar-refractivity contribution < 1.29 is 116 Å². The molecule has 650 valence electrons. The van der Waals surface area contributed by atoms with Gasteiger partial charge in [0.25, 0.3) is 0 Å². The van der Waals surface area contributed by atoms with Gasteiger partial charge in [0, 0.05) is 118 Å². The number of carbonyl (C=O) groups is 10. The number of hydrogen-bond donors (Lipinski definition) is 14. The number of rotatable bonds is 50. The normalized spacial score (nSPS) is 13.9. The number of ether oxygens (including phenoxy) is 3. The average molecular weight is 1790 g/mol. The summed E-state index contributed by atoms with van der Waals surface area (Å²) in [5.41, 5.74) is 4.66. The van der Waals surface area contributed by atoms with E-state index in [4.69, 9.17) is 60.3 Å². The van der Waals surface area contributed by atoms with Gasteiger partial charge in [0.1, 0.15) is 23.8 Å². The zero-order valence-electron chi connectivity index (χ0n) is 66.2. The number of amides is 7. The van der Waals surface area contributed by atoms with E-state index in [-0.39, 0.29) is 128 Å². The minimum absolute atomic E-state index is 0.0151. The summed E-state index contributed by atoms with van der Waals surface area (Å²) in [6.07, 6.45) is 8.00. The van der Waals surface area contributed by atoms with Crippen LogP contribution in [0.4, 0.5) is 21.0 Å². The SMILES string of the molecule is CN1CCN(CC(=O)O)CCN(CC(=O)O)CC(Cc2ccc(NC(=S)NCCCC[C@H](NC(=O)CCOCCOCCOCCn3cc(-c4cccc(NC(=O)NCCCC[C@H](NC(=O)NCCCC(=O)O)C(=O)O)c4)nn3)C(=O)NC(CCCCNC(=O)CCCc3ccc(I)cc3)C(=O)O)cc2)N(C)CC1.O=C=O.O=C=O.O=C=O. The topological polar surface area (TPSA) is 554 Å². The fourth-order valence-electron chi connectivity index (χ4n) is 11.5. The second kappa shape index (κ2) is 63.5. The Morgan fingerprint density at radius 3 is 1.68 bits per heavy atom. The molecular formula is C76H109IN16O24S. The van der Waals surface area contributed by atoms with Crippen molar-refractivity contribution in [3.63, 3.8) is 0 Å². The molecule has 4 aromatic rings. The Morgan fingerprint density at radius 2 is 1.06 bits per heavy atom. The molecule has 42 heteroatoms. The third-order valence-electron chi connectivity index (χ3n) is 17.7. The lowest BCUT2D eigenvalue weighted by Gasteiger charge is -2.36. The Bertz CT molecular complexity index is 3770. The average Bonchev–Trinajstić information content (AvgIpc) is 1.49. The van der Waals surface area contributed by atoms with Crippen molar-refractivity contribution in [3.05, 3.63) is 93.7 Å². The smallest absolute Gasteiger partial charge is 0.373 e. The van der Waals surface area contributed by atoms with Gasteiger partial charge in [0.2, 0.25) is 17.7 Å². The molecule has 1 aliphatic heterocycles. The van der Waals surface area contributed by atoms with Crippen molar-refractivity contribution in [2.24, 2.45) is 0 Å². The van der Waals surface area contributed by atoms with Crippen molar-refractivity contribution in [1.29, 1.82) is 0 Å². The summed E-state index contributed by atoms with van der Waals surface area (Å²) in [5.74, 6) is -6.56. The van der Waals surface area contributed by atoms with Crippen LogP contribution in [0, 0.1) is 3.57 Å². The molecule has 0 spiro atoms. The first-order valence-electron chi connectivity index (χ1n) is 38.1. The number of carboxylic acid groups (broad SMARTS) is 5. The van der Waals surface area contributed by atoms with Gasteiger partial charge in [0.15, 0.2) is 5.11 Å². The highest BCUT2D eigenvalue weighted by atomic mass is 127. The van der Waals surface area contributed by atoms with E-state index in [0.717, 1.165) is 39.9 Å². The van der Waals surface area contributed by atoms with Crippen LogP contribution < -0.4 is 47.9 Å². The number of carboxylic acids is 5. The molecule has 0 saturated carbocycles. The molecule has 1 aliphatic rings. The molecule has 7 amide bonds. The summed E-state index contributed by atoms with van der Waals surface area (Å²) in [5, 5.41) is 81.5. The quantitative estimate of drug-likeness (QED) is 0.0171. The lowest BCUT2D eigenvalue weighted by Crippen LogP contribution is -2.51. The molecule has 1 fully saturated rings. The number of likely N-dealkylation sites (N-methyl/N-ethyl adjacent to an activating group) is 2. The number of unbranched alkanes of at least 4 members (excludes halogenated alkanes) is 3. The van der Waals surface area contributed by atoms with Crippen LogP contribution in [0.25, 0.3) is 11.3 Å². The van der Waals surface area contributed by atoms with E-state index in [1.54, 1.807) is 29.1 Å². The van der Waals surface area contributed by atoms with Crippen molar-refractivity contribution in [3.8, 4) is 11.3 Å². The van der Waals surface area contributed by atoms with Crippen molar-refractivity contribution in [2.45, 2.75) is 133 Å². The first-order valence-corrected chi connectivity index (χ1v) is 39.6. The Kier molecular flexibility index (Phi) is 55.7. The number of benzene rings is 3.